The Morgan fingerprint density at radius 1 is 1.42 bits per heavy atom. The first-order valence-electron chi connectivity index (χ1n) is 7.34. The second-order valence-electron chi connectivity index (χ2n) is 5.17. The molecular weight excluding hydrogens is 256 g/mol. The minimum Gasteiger partial charge on any atom is -0.374 e. The third kappa shape index (κ3) is 4.86. The van der Waals surface area contributed by atoms with Crippen LogP contribution in [0.4, 0.5) is 0 Å². The number of thiazole rings is 1. The van der Waals surface area contributed by atoms with Gasteiger partial charge in [-0.05, 0) is 40.2 Å². The van der Waals surface area contributed by atoms with Crippen molar-refractivity contribution in [2.24, 2.45) is 0 Å². The van der Waals surface area contributed by atoms with Crippen molar-refractivity contribution < 1.29 is 4.74 Å². The van der Waals surface area contributed by atoms with E-state index < -0.39 is 0 Å². The van der Waals surface area contributed by atoms with Gasteiger partial charge in [0, 0.05) is 24.4 Å². The quantitative estimate of drug-likeness (QED) is 0.753. The molecular formula is C15H28N2OS. The smallest absolute Gasteiger partial charge is 0.0897 e. The first-order chi connectivity index (χ1) is 9.05. The number of nitrogens with one attached hydrogen (secondary N) is 1. The molecule has 2 atom stereocenters. The lowest BCUT2D eigenvalue weighted by molar-refractivity contribution is -0.0551. The topological polar surface area (TPSA) is 34.2 Å². The van der Waals surface area contributed by atoms with Crippen LogP contribution in [0.2, 0.25) is 0 Å². The number of aryl methyl sites for hydroxylation is 1. The third-order valence-electron chi connectivity index (χ3n) is 3.63. The van der Waals surface area contributed by atoms with E-state index in [1.165, 1.54) is 5.69 Å². The highest BCUT2D eigenvalue weighted by atomic mass is 32.1. The maximum Gasteiger partial charge on any atom is 0.0897 e. The van der Waals surface area contributed by atoms with Crippen molar-refractivity contribution in [2.45, 2.75) is 65.5 Å². The first-order valence-corrected chi connectivity index (χ1v) is 8.22. The molecule has 0 saturated heterocycles. The van der Waals surface area contributed by atoms with Crippen molar-refractivity contribution in [3.05, 3.63) is 16.1 Å². The summed E-state index contributed by atoms with van der Waals surface area (Å²) in [5.41, 5.74) is 1.05. The molecule has 0 spiro atoms. The fraction of sp³-hybridized carbons (Fsp3) is 0.800. The highest BCUT2D eigenvalue weighted by Gasteiger charge is 2.33. The van der Waals surface area contributed by atoms with E-state index in [1.54, 1.807) is 11.3 Å². The molecule has 0 fully saturated rings. The van der Waals surface area contributed by atoms with E-state index in [2.05, 4.69) is 50.3 Å². The van der Waals surface area contributed by atoms with Crippen LogP contribution in [0.5, 0.6) is 0 Å². The number of aromatic nitrogens is 1. The number of ether oxygens (including phenoxy) is 1. The Morgan fingerprint density at radius 2 is 2.16 bits per heavy atom. The van der Waals surface area contributed by atoms with Gasteiger partial charge in [0.1, 0.15) is 0 Å². The van der Waals surface area contributed by atoms with Gasteiger partial charge < -0.3 is 10.1 Å². The summed E-state index contributed by atoms with van der Waals surface area (Å²) in [5.74, 6) is 0. The summed E-state index contributed by atoms with van der Waals surface area (Å²) in [6.07, 6.45) is 3.08. The van der Waals surface area contributed by atoms with Crippen LogP contribution in [-0.4, -0.2) is 29.8 Å². The molecule has 3 nitrogen and oxygen atoms in total. The summed E-state index contributed by atoms with van der Waals surface area (Å²) >= 11 is 1.72. The normalized spacial score (nSPS) is 16.3. The van der Waals surface area contributed by atoms with Crippen molar-refractivity contribution in [2.75, 3.05) is 13.2 Å². The van der Waals surface area contributed by atoms with Crippen LogP contribution < -0.4 is 5.32 Å². The van der Waals surface area contributed by atoms with Gasteiger partial charge in [-0.25, -0.2) is 4.98 Å². The second-order valence-corrected chi connectivity index (χ2v) is 6.23. The van der Waals surface area contributed by atoms with Gasteiger partial charge in [-0.2, -0.15) is 0 Å². The molecule has 0 aliphatic rings. The fourth-order valence-electron chi connectivity index (χ4n) is 2.31. The van der Waals surface area contributed by atoms with Crippen LogP contribution in [0.15, 0.2) is 5.38 Å². The van der Waals surface area contributed by atoms with E-state index in [0.29, 0.717) is 6.04 Å². The third-order valence-corrected chi connectivity index (χ3v) is 4.46. The number of hydrogen-bond acceptors (Lipinski definition) is 4. The summed E-state index contributed by atoms with van der Waals surface area (Å²) in [5, 5.41) is 6.95. The van der Waals surface area contributed by atoms with Crippen LogP contribution in [-0.2, 0) is 11.2 Å². The summed E-state index contributed by atoms with van der Waals surface area (Å²) in [7, 11) is 0. The molecule has 1 aromatic rings. The zero-order valence-corrected chi connectivity index (χ0v) is 13.8. The summed E-state index contributed by atoms with van der Waals surface area (Å²) in [6.45, 7) is 12.5. The van der Waals surface area contributed by atoms with Gasteiger partial charge >= 0.3 is 0 Å². The molecule has 0 aliphatic carbocycles. The van der Waals surface area contributed by atoms with E-state index >= 15 is 0 Å². The Morgan fingerprint density at radius 3 is 2.63 bits per heavy atom. The SMILES string of the molecule is CCCNC(Cc1csc(C)n1)C(C)(CC)OCC. The van der Waals surface area contributed by atoms with Crippen molar-refractivity contribution in [1.82, 2.24) is 10.3 Å². The van der Waals surface area contributed by atoms with Gasteiger partial charge in [0.25, 0.3) is 0 Å². The van der Waals surface area contributed by atoms with Crippen LogP contribution in [0.3, 0.4) is 0 Å². The van der Waals surface area contributed by atoms with E-state index in [4.69, 9.17) is 4.74 Å². The molecule has 19 heavy (non-hydrogen) atoms. The van der Waals surface area contributed by atoms with Crippen LogP contribution in [0, 0.1) is 6.92 Å². The first kappa shape index (κ1) is 16.6. The Balaban J connectivity index is 2.80. The predicted molar refractivity (Wildman–Crippen MR) is 83.0 cm³/mol. The Kier molecular flexibility index (Phi) is 6.97. The molecule has 0 aromatic carbocycles. The van der Waals surface area contributed by atoms with E-state index in [9.17, 15) is 0 Å². The zero-order chi connectivity index (χ0) is 14.3. The van der Waals surface area contributed by atoms with E-state index in [1.807, 2.05) is 0 Å². The van der Waals surface area contributed by atoms with Crippen molar-refractivity contribution >= 4 is 11.3 Å². The van der Waals surface area contributed by atoms with E-state index in [-0.39, 0.29) is 5.60 Å². The number of rotatable bonds is 9. The molecule has 4 heteroatoms. The summed E-state index contributed by atoms with van der Waals surface area (Å²) in [6, 6.07) is 0.318. The average molecular weight is 284 g/mol. The largest absolute Gasteiger partial charge is 0.374 e. The lowest BCUT2D eigenvalue weighted by Gasteiger charge is -2.37. The Hall–Kier alpha value is -0.450. The lowest BCUT2D eigenvalue weighted by atomic mass is 9.89. The number of hydrogen-bond donors (Lipinski definition) is 1. The fourth-order valence-corrected chi connectivity index (χ4v) is 2.94. The zero-order valence-electron chi connectivity index (χ0n) is 13.0. The van der Waals surface area contributed by atoms with Crippen molar-refractivity contribution in [3.63, 3.8) is 0 Å². The predicted octanol–water partition coefficient (Wildman–Crippen LogP) is 3.57. The second kappa shape index (κ2) is 7.98. The van der Waals surface area contributed by atoms with Crippen LogP contribution in [0.1, 0.15) is 51.2 Å². The van der Waals surface area contributed by atoms with Gasteiger partial charge in [-0.1, -0.05) is 13.8 Å². The molecule has 0 saturated carbocycles. The molecule has 0 bridgehead atoms. The van der Waals surface area contributed by atoms with E-state index in [0.717, 1.165) is 37.4 Å². The highest BCUT2D eigenvalue weighted by Crippen LogP contribution is 2.24. The average Bonchev–Trinajstić information content (AvgIpc) is 2.80. The van der Waals surface area contributed by atoms with Gasteiger partial charge in [0.2, 0.25) is 0 Å². The van der Waals surface area contributed by atoms with Crippen LogP contribution in [0.25, 0.3) is 0 Å². The van der Waals surface area contributed by atoms with Gasteiger partial charge in [0.15, 0.2) is 0 Å². The Bertz CT molecular complexity index is 367. The molecule has 1 N–H and O–H groups in total. The van der Waals surface area contributed by atoms with Crippen molar-refractivity contribution in [3.8, 4) is 0 Å². The molecule has 0 amide bonds. The molecule has 1 rings (SSSR count). The van der Waals surface area contributed by atoms with Crippen molar-refractivity contribution in [1.29, 1.82) is 0 Å². The summed E-state index contributed by atoms with van der Waals surface area (Å²) < 4.78 is 6.03. The molecule has 1 aromatic heterocycles. The maximum absolute atomic E-state index is 6.03. The standard InChI is InChI=1S/C15H28N2OS/c1-6-9-16-14(15(5,7-2)18-8-3)10-13-11-19-12(4)17-13/h11,14,16H,6-10H2,1-5H3. The van der Waals surface area contributed by atoms with Gasteiger partial charge in [-0.15, -0.1) is 11.3 Å². The summed E-state index contributed by atoms with van der Waals surface area (Å²) in [4.78, 5) is 4.59. The number of nitrogens with zero attached hydrogens (tertiary/aromatic N) is 1. The van der Waals surface area contributed by atoms with Crippen LogP contribution >= 0.6 is 11.3 Å². The molecule has 110 valence electrons. The molecule has 2 unspecified atom stereocenters. The molecule has 0 radical (unpaired) electrons. The lowest BCUT2D eigenvalue weighted by Crippen LogP contribution is -2.52. The molecule has 1 heterocycles. The minimum absolute atomic E-state index is 0.124. The monoisotopic (exact) mass is 284 g/mol. The minimum atomic E-state index is -0.124. The highest BCUT2D eigenvalue weighted by molar-refractivity contribution is 7.09. The van der Waals surface area contributed by atoms with Gasteiger partial charge in [0.05, 0.1) is 16.3 Å². The maximum atomic E-state index is 6.03. The molecule has 0 aliphatic heterocycles. The van der Waals surface area contributed by atoms with Gasteiger partial charge in [-0.3, -0.25) is 0 Å². The Labute approximate surface area is 121 Å².